The van der Waals surface area contributed by atoms with Crippen molar-refractivity contribution < 1.29 is 9.21 Å². The summed E-state index contributed by atoms with van der Waals surface area (Å²) >= 11 is 0. The molecule has 0 unspecified atom stereocenters. The van der Waals surface area contributed by atoms with Crippen molar-refractivity contribution in [1.29, 1.82) is 0 Å². The van der Waals surface area contributed by atoms with Gasteiger partial charge in [0.15, 0.2) is 0 Å². The molecule has 1 aromatic rings. The van der Waals surface area contributed by atoms with Gasteiger partial charge < -0.3 is 14.2 Å². The summed E-state index contributed by atoms with van der Waals surface area (Å²) < 4.78 is 5.54. The third-order valence-electron chi connectivity index (χ3n) is 2.77. The lowest BCUT2D eigenvalue weighted by Crippen LogP contribution is -2.38. The minimum Gasteiger partial charge on any atom is -0.464 e. The first-order chi connectivity index (χ1) is 8.40. The van der Waals surface area contributed by atoms with E-state index in [0.717, 1.165) is 24.6 Å². The van der Waals surface area contributed by atoms with Crippen LogP contribution >= 0.6 is 0 Å². The minimum atomic E-state index is 0.0169. The summed E-state index contributed by atoms with van der Waals surface area (Å²) in [6.07, 6.45) is 0. The molecule has 0 aromatic carbocycles. The van der Waals surface area contributed by atoms with E-state index < -0.39 is 0 Å². The maximum Gasteiger partial charge on any atom is 0.225 e. The molecule has 1 aromatic heterocycles. The Kier molecular flexibility index (Phi) is 5.41. The van der Waals surface area contributed by atoms with Crippen LogP contribution in [0.2, 0.25) is 0 Å². The number of carbonyl (C=O) groups excluding carboxylic acids is 1. The first kappa shape index (κ1) is 14.8. The first-order valence-corrected chi connectivity index (χ1v) is 6.39. The normalized spacial score (nSPS) is 11.3. The summed E-state index contributed by atoms with van der Waals surface area (Å²) in [5.41, 5.74) is 0. The van der Waals surface area contributed by atoms with E-state index in [4.69, 9.17) is 4.42 Å². The highest BCUT2D eigenvalue weighted by Gasteiger charge is 2.18. The molecule has 0 spiro atoms. The van der Waals surface area contributed by atoms with E-state index in [0.29, 0.717) is 6.54 Å². The third-order valence-corrected chi connectivity index (χ3v) is 2.77. The average molecular weight is 252 g/mol. The molecule has 0 aliphatic rings. The van der Waals surface area contributed by atoms with Crippen LogP contribution in [0, 0.1) is 12.8 Å². The van der Waals surface area contributed by atoms with E-state index in [1.807, 2.05) is 51.9 Å². The number of amides is 1. The van der Waals surface area contributed by atoms with Crippen LogP contribution in [-0.2, 0) is 11.3 Å². The van der Waals surface area contributed by atoms with Crippen molar-refractivity contribution in [2.45, 2.75) is 27.3 Å². The maximum absolute atomic E-state index is 12.1. The molecule has 0 aliphatic heterocycles. The summed E-state index contributed by atoms with van der Waals surface area (Å²) in [6.45, 7) is 7.91. The zero-order valence-electron chi connectivity index (χ0n) is 12.1. The van der Waals surface area contributed by atoms with Gasteiger partial charge in [-0.2, -0.15) is 0 Å². The molecule has 4 heteroatoms. The molecule has 0 fully saturated rings. The van der Waals surface area contributed by atoms with Crippen molar-refractivity contribution >= 4 is 5.91 Å². The third kappa shape index (κ3) is 4.53. The molecule has 1 amide bonds. The van der Waals surface area contributed by atoms with E-state index in [1.54, 1.807) is 0 Å². The van der Waals surface area contributed by atoms with Crippen LogP contribution in [0.3, 0.4) is 0 Å². The average Bonchev–Trinajstić information content (AvgIpc) is 2.68. The van der Waals surface area contributed by atoms with Crippen molar-refractivity contribution in [3.05, 3.63) is 23.7 Å². The maximum atomic E-state index is 12.1. The molecular weight excluding hydrogens is 228 g/mol. The van der Waals surface area contributed by atoms with E-state index in [-0.39, 0.29) is 11.8 Å². The number of aryl methyl sites for hydroxylation is 1. The van der Waals surface area contributed by atoms with Crippen molar-refractivity contribution in [3.63, 3.8) is 0 Å². The quantitative estimate of drug-likeness (QED) is 0.778. The molecule has 0 bridgehead atoms. The van der Waals surface area contributed by atoms with E-state index in [1.165, 1.54) is 0 Å². The van der Waals surface area contributed by atoms with E-state index >= 15 is 0 Å². The predicted molar refractivity (Wildman–Crippen MR) is 72.3 cm³/mol. The lowest BCUT2D eigenvalue weighted by molar-refractivity contribution is -0.135. The number of hydrogen-bond acceptors (Lipinski definition) is 3. The highest BCUT2D eigenvalue weighted by Crippen LogP contribution is 2.12. The van der Waals surface area contributed by atoms with Gasteiger partial charge in [-0.3, -0.25) is 4.79 Å². The number of furan rings is 1. The van der Waals surface area contributed by atoms with Gasteiger partial charge in [0.25, 0.3) is 0 Å². The second kappa shape index (κ2) is 6.59. The Labute approximate surface area is 110 Å². The number of hydrogen-bond donors (Lipinski definition) is 0. The Morgan fingerprint density at radius 3 is 2.39 bits per heavy atom. The molecule has 0 radical (unpaired) electrons. The number of nitrogens with zero attached hydrogens (tertiary/aromatic N) is 2. The summed E-state index contributed by atoms with van der Waals surface area (Å²) in [5, 5.41) is 0. The largest absolute Gasteiger partial charge is 0.464 e. The second-order valence-corrected chi connectivity index (χ2v) is 5.23. The van der Waals surface area contributed by atoms with Gasteiger partial charge in [0.2, 0.25) is 5.91 Å². The Hall–Kier alpha value is -1.29. The fraction of sp³-hybridized carbons (Fsp3) is 0.643. The second-order valence-electron chi connectivity index (χ2n) is 5.23. The molecule has 18 heavy (non-hydrogen) atoms. The zero-order chi connectivity index (χ0) is 13.7. The highest BCUT2D eigenvalue weighted by molar-refractivity contribution is 5.78. The standard InChI is InChI=1S/C14H24N2O2/c1-11(2)14(17)16(9-8-15(4)5)10-13-7-6-12(3)18-13/h6-7,11H,8-10H2,1-5H3. The van der Waals surface area contributed by atoms with Crippen molar-refractivity contribution in [2.75, 3.05) is 27.2 Å². The summed E-state index contributed by atoms with van der Waals surface area (Å²) in [4.78, 5) is 16.1. The molecule has 1 rings (SSSR count). The van der Waals surface area contributed by atoms with Crippen molar-refractivity contribution in [1.82, 2.24) is 9.80 Å². The van der Waals surface area contributed by atoms with Crippen LogP contribution in [-0.4, -0.2) is 42.9 Å². The number of likely N-dealkylation sites (N-methyl/N-ethyl adjacent to an activating group) is 1. The SMILES string of the molecule is Cc1ccc(CN(CCN(C)C)C(=O)C(C)C)o1. The molecule has 1 heterocycles. The van der Waals surface area contributed by atoms with Gasteiger partial charge in [0.1, 0.15) is 11.5 Å². The monoisotopic (exact) mass is 252 g/mol. The Morgan fingerprint density at radius 1 is 1.28 bits per heavy atom. The molecule has 0 saturated heterocycles. The number of rotatable bonds is 6. The van der Waals surface area contributed by atoms with E-state index in [2.05, 4.69) is 4.90 Å². The smallest absolute Gasteiger partial charge is 0.225 e. The van der Waals surface area contributed by atoms with Crippen LogP contribution in [0.25, 0.3) is 0 Å². The molecule has 0 N–H and O–H groups in total. The summed E-state index contributed by atoms with van der Waals surface area (Å²) in [6, 6.07) is 3.87. The first-order valence-electron chi connectivity index (χ1n) is 6.39. The van der Waals surface area contributed by atoms with Crippen LogP contribution in [0.1, 0.15) is 25.4 Å². The van der Waals surface area contributed by atoms with Gasteiger partial charge in [-0.05, 0) is 33.2 Å². The van der Waals surface area contributed by atoms with E-state index in [9.17, 15) is 4.79 Å². The fourth-order valence-corrected chi connectivity index (χ4v) is 1.71. The van der Waals surface area contributed by atoms with Gasteiger partial charge in [-0.15, -0.1) is 0 Å². The lowest BCUT2D eigenvalue weighted by Gasteiger charge is -2.25. The van der Waals surface area contributed by atoms with Crippen LogP contribution in [0.5, 0.6) is 0 Å². The molecular formula is C14H24N2O2. The molecule has 0 aliphatic carbocycles. The fourth-order valence-electron chi connectivity index (χ4n) is 1.71. The minimum absolute atomic E-state index is 0.0169. The predicted octanol–water partition coefficient (Wildman–Crippen LogP) is 2.13. The van der Waals surface area contributed by atoms with Gasteiger partial charge in [0.05, 0.1) is 6.54 Å². The molecule has 102 valence electrons. The van der Waals surface area contributed by atoms with Crippen LogP contribution in [0.15, 0.2) is 16.5 Å². The van der Waals surface area contributed by atoms with Gasteiger partial charge in [-0.1, -0.05) is 13.8 Å². The Bertz CT molecular complexity index is 383. The Balaban J connectivity index is 2.67. The zero-order valence-corrected chi connectivity index (χ0v) is 12.1. The molecule has 0 saturated carbocycles. The number of carbonyl (C=O) groups is 1. The van der Waals surface area contributed by atoms with Gasteiger partial charge in [-0.25, -0.2) is 0 Å². The topological polar surface area (TPSA) is 36.7 Å². The van der Waals surface area contributed by atoms with Gasteiger partial charge in [0, 0.05) is 19.0 Å². The van der Waals surface area contributed by atoms with Crippen molar-refractivity contribution in [2.24, 2.45) is 5.92 Å². The van der Waals surface area contributed by atoms with Crippen LogP contribution < -0.4 is 0 Å². The van der Waals surface area contributed by atoms with Crippen LogP contribution in [0.4, 0.5) is 0 Å². The molecule has 0 atom stereocenters. The summed E-state index contributed by atoms with van der Waals surface area (Å²) in [7, 11) is 4.02. The highest BCUT2D eigenvalue weighted by atomic mass is 16.3. The Morgan fingerprint density at radius 2 is 1.94 bits per heavy atom. The van der Waals surface area contributed by atoms with Gasteiger partial charge >= 0.3 is 0 Å². The molecule has 4 nitrogen and oxygen atoms in total. The summed E-state index contributed by atoms with van der Waals surface area (Å²) in [5.74, 6) is 1.92. The van der Waals surface area contributed by atoms with Crippen molar-refractivity contribution in [3.8, 4) is 0 Å². The lowest BCUT2D eigenvalue weighted by atomic mass is 10.2.